The Morgan fingerprint density at radius 3 is 2.70 bits per heavy atom. The van der Waals surface area contributed by atoms with Crippen LogP contribution in [0.25, 0.3) is 0 Å². The van der Waals surface area contributed by atoms with Gasteiger partial charge in [-0.3, -0.25) is 10.1 Å². The van der Waals surface area contributed by atoms with Crippen molar-refractivity contribution in [2.45, 2.75) is 20.5 Å². The summed E-state index contributed by atoms with van der Waals surface area (Å²) in [5, 5.41) is 5.14. The molecule has 0 saturated carbocycles. The normalized spacial score (nSPS) is 10.5. The van der Waals surface area contributed by atoms with Gasteiger partial charge in [0.1, 0.15) is 18.1 Å². The fraction of sp³-hybridized carbons (Fsp3) is 0.176. The highest BCUT2D eigenvalue weighted by Gasteiger charge is 2.13. The van der Waals surface area contributed by atoms with Crippen molar-refractivity contribution in [1.82, 2.24) is 4.98 Å². The molecule has 0 atom stereocenters. The first-order valence-electron chi connectivity index (χ1n) is 7.12. The summed E-state index contributed by atoms with van der Waals surface area (Å²) in [6, 6.07) is 11.1. The average molecular weight is 328 g/mol. The SMILES string of the molecule is Cc1ccc(OCc2ccc(C(=O)Nc3nc(C)cs3)o2)cc1. The molecule has 5 nitrogen and oxygen atoms in total. The number of amides is 1. The predicted octanol–water partition coefficient (Wildman–Crippen LogP) is 4.18. The van der Waals surface area contributed by atoms with Crippen LogP contribution in [0.1, 0.15) is 27.6 Å². The molecule has 3 aromatic rings. The molecule has 0 aliphatic carbocycles. The molecule has 0 unspecified atom stereocenters. The van der Waals surface area contributed by atoms with Gasteiger partial charge in [-0.1, -0.05) is 17.7 Å². The highest BCUT2D eigenvalue weighted by molar-refractivity contribution is 7.13. The second kappa shape index (κ2) is 6.66. The molecule has 23 heavy (non-hydrogen) atoms. The number of aromatic nitrogens is 1. The maximum Gasteiger partial charge on any atom is 0.293 e. The van der Waals surface area contributed by atoms with Crippen molar-refractivity contribution in [2.75, 3.05) is 5.32 Å². The van der Waals surface area contributed by atoms with Crippen LogP contribution in [0.15, 0.2) is 46.2 Å². The number of hydrogen-bond donors (Lipinski definition) is 1. The van der Waals surface area contributed by atoms with Crippen molar-refractivity contribution in [1.29, 1.82) is 0 Å². The molecule has 2 aromatic heterocycles. The summed E-state index contributed by atoms with van der Waals surface area (Å²) in [6.45, 7) is 4.16. The van der Waals surface area contributed by atoms with Gasteiger partial charge >= 0.3 is 0 Å². The van der Waals surface area contributed by atoms with E-state index in [4.69, 9.17) is 9.15 Å². The van der Waals surface area contributed by atoms with Crippen LogP contribution in [0.3, 0.4) is 0 Å². The number of hydrogen-bond acceptors (Lipinski definition) is 5. The minimum atomic E-state index is -0.319. The number of carbonyl (C=O) groups excluding carboxylic acids is 1. The lowest BCUT2D eigenvalue weighted by atomic mass is 10.2. The number of ether oxygens (including phenoxy) is 1. The summed E-state index contributed by atoms with van der Waals surface area (Å²) in [4.78, 5) is 16.3. The summed E-state index contributed by atoms with van der Waals surface area (Å²) in [6.07, 6.45) is 0. The number of rotatable bonds is 5. The molecule has 6 heteroatoms. The van der Waals surface area contributed by atoms with Crippen LogP contribution in [0, 0.1) is 13.8 Å². The highest BCUT2D eigenvalue weighted by atomic mass is 32.1. The Balaban J connectivity index is 1.59. The zero-order valence-corrected chi connectivity index (χ0v) is 13.6. The molecule has 3 rings (SSSR count). The largest absolute Gasteiger partial charge is 0.486 e. The summed E-state index contributed by atoms with van der Waals surface area (Å²) < 4.78 is 11.1. The number of carbonyl (C=O) groups is 1. The first-order chi connectivity index (χ1) is 11.1. The van der Waals surface area contributed by atoms with E-state index in [0.29, 0.717) is 10.9 Å². The van der Waals surface area contributed by atoms with Gasteiger partial charge in [-0.05, 0) is 38.1 Å². The first-order valence-corrected chi connectivity index (χ1v) is 8.00. The molecule has 0 aliphatic heterocycles. The smallest absolute Gasteiger partial charge is 0.293 e. The third-order valence-electron chi connectivity index (χ3n) is 3.13. The molecule has 1 N–H and O–H groups in total. The van der Waals surface area contributed by atoms with Crippen LogP contribution >= 0.6 is 11.3 Å². The Morgan fingerprint density at radius 1 is 1.22 bits per heavy atom. The molecule has 0 saturated heterocycles. The van der Waals surface area contributed by atoms with E-state index in [0.717, 1.165) is 11.4 Å². The number of furan rings is 1. The maximum atomic E-state index is 12.1. The molecule has 0 fully saturated rings. The van der Waals surface area contributed by atoms with Crippen LogP contribution in [0.5, 0.6) is 5.75 Å². The molecule has 0 radical (unpaired) electrons. The van der Waals surface area contributed by atoms with Crippen LogP contribution in [-0.2, 0) is 6.61 Å². The molecule has 0 spiro atoms. The van der Waals surface area contributed by atoms with Crippen LogP contribution in [0.4, 0.5) is 5.13 Å². The Morgan fingerprint density at radius 2 is 2.00 bits per heavy atom. The van der Waals surface area contributed by atoms with Gasteiger partial charge in [0.25, 0.3) is 5.91 Å². The number of nitrogens with zero attached hydrogens (tertiary/aromatic N) is 1. The molecular weight excluding hydrogens is 312 g/mol. The van der Waals surface area contributed by atoms with E-state index in [1.165, 1.54) is 16.9 Å². The molecule has 0 aliphatic rings. The summed E-state index contributed by atoms with van der Waals surface area (Å²) in [7, 11) is 0. The quantitative estimate of drug-likeness (QED) is 0.763. The molecular formula is C17H16N2O3S. The topological polar surface area (TPSA) is 64.4 Å². The van der Waals surface area contributed by atoms with Gasteiger partial charge in [-0.15, -0.1) is 11.3 Å². The number of aryl methyl sites for hydroxylation is 2. The molecule has 0 bridgehead atoms. The second-order valence-corrected chi connectivity index (χ2v) is 5.97. The van der Waals surface area contributed by atoms with Gasteiger partial charge in [-0.25, -0.2) is 4.98 Å². The second-order valence-electron chi connectivity index (χ2n) is 5.12. The Hall–Kier alpha value is -2.60. The van der Waals surface area contributed by atoms with E-state index in [-0.39, 0.29) is 18.3 Å². The summed E-state index contributed by atoms with van der Waals surface area (Å²) in [5.41, 5.74) is 2.05. The van der Waals surface area contributed by atoms with Gasteiger partial charge in [-0.2, -0.15) is 0 Å². The average Bonchev–Trinajstić information content (AvgIpc) is 3.16. The highest BCUT2D eigenvalue weighted by Crippen LogP contribution is 2.18. The van der Waals surface area contributed by atoms with E-state index >= 15 is 0 Å². The minimum Gasteiger partial charge on any atom is -0.486 e. The first kappa shape index (κ1) is 15.3. The molecule has 118 valence electrons. The molecule has 2 heterocycles. The molecule has 1 aromatic carbocycles. The van der Waals surface area contributed by atoms with Gasteiger partial charge < -0.3 is 9.15 Å². The van der Waals surface area contributed by atoms with E-state index in [2.05, 4.69) is 10.3 Å². The monoisotopic (exact) mass is 328 g/mol. The third-order valence-corrected chi connectivity index (χ3v) is 4.00. The lowest BCUT2D eigenvalue weighted by Gasteiger charge is -2.04. The lowest BCUT2D eigenvalue weighted by Crippen LogP contribution is -2.10. The van der Waals surface area contributed by atoms with Gasteiger partial charge in [0.05, 0.1) is 5.69 Å². The third kappa shape index (κ3) is 3.98. The fourth-order valence-corrected chi connectivity index (χ4v) is 2.62. The zero-order chi connectivity index (χ0) is 16.2. The minimum absolute atomic E-state index is 0.236. The standard InChI is InChI=1S/C17H16N2O3S/c1-11-3-5-13(6-4-11)21-9-14-7-8-15(22-14)16(20)19-17-18-12(2)10-23-17/h3-8,10H,9H2,1-2H3,(H,18,19,20). The summed E-state index contributed by atoms with van der Waals surface area (Å²) >= 11 is 1.38. The van der Waals surface area contributed by atoms with Crippen LogP contribution in [0.2, 0.25) is 0 Å². The lowest BCUT2D eigenvalue weighted by molar-refractivity contribution is 0.0992. The van der Waals surface area contributed by atoms with E-state index in [1.807, 2.05) is 43.5 Å². The number of anilines is 1. The van der Waals surface area contributed by atoms with Gasteiger partial charge in [0.15, 0.2) is 10.9 Å². The number of thiazole rings is 1. The van der Waals surface area contributed by atoms with Crippen LogP contribution in [-0.4, -0.2) is 10.9 Å². The maximum absolute atomic E-state index is 12.1. The van der Waals surface area contributed by atoms with E-state index in [9.17, 15) is 4.79 Å². The summed E-state index contributed by atoms with van der Waals surface area (Å²) in [5.74, 6) is 1.27. The van der Waals surface area contributed by atoms with Crippen molar-refractivity contribution in [3.05, 3.63) is 64.6 Å². The van der Waals surface area contributed by atoms with Gasteiger partial charge in [0.2, 0.25) is 0 Å². The van der Waals surface area contributed by atoms with E-state index in [1.54, 1.807) is 12.1 Å². The van der Waals surface area contributed by atoms with Crippen molar-refractivity contribution in [2.24, 2.45) is 0 Å². The zero-order valence-electron chi connectivity index (χ0n) is 12.8. The van der Waals surface area contributed by atoms with Crippen molar-refractivity contribution in [3.63, 3.8) is 0 Å². The Labute approximate surface area is 137 Å². The van der Waals surface area contributed by atoms with Crippen molar-refractivity contribution < 1.29 is 13.9 Å². The number of benzene rings is 1. The Bertz CT molecular complexity index is 805. The van der Waals surface area contributed by atoms with E-state index < -0.39 is 0 Å². The van der Waals surface area contributed by atoms with Crippen molar-refractivity contribution >= 4 is 22.4 Å². The number of nitrogens with one attached hydrogen (secondary N) is 1. The van der Waals surface area contributed by atoms with Gasteiger partial charge in [0, 0.05) is 5.38 Å². The predicted molar refractivity (Wildman–Crippen MR) is 89.0 cm³/mol. The van der Waals surface area contributed by atoms with Crippen molar-refractivity contribution in [3.8, 4) is 5.75 Å². The van der Waals surface area contributed by atoms with Crippen LogP contribution < -0.4 is 10.1 Å². The fourth-order valence-electron chi connectivity index (χ4n) is 1.94. The molecule has 1 amide bonds. The Kier molecular flexibility index (Phi) is 4.43.